The number of fused-ring (bicyclic) bond motifs is 1. The lowest BCUT2D eigenvalue weighted by molar-refractivity contribution is -0.146. The first-order chi connectivity index (χ1) is 14.0. The minimum atomic E-state index is -0.735. The monoisotopic (exact) mass is 418 g/mol. The Balaban J connectivity index is 1.42. The molecule has 8 nitrogen and oxygen atoms in total. The zero-order valence-electron chi connectivity index (χ0n) is 15.4. The molecule has 2 aromatic rings. The lowest BCUT2D eigenvalue weighted by Gasteiger charge is -2.11. The Hall–Kier alpha value is -3.26. The van der Waals surface area contributed by atoms with E-state index in [-0.39, 0.29) is 6.54 Å². The summed E-state index contributed by atoms with van der Waals surface area (Å²) in [7, 11) is 0. The lowest BCUT2D eigenvalue weighted by Crippen LogP contribution is -2.32. The highest BCUT2D eigenvalue weighted by Crippen LogP contribution is 2.32. The molecule has 0 radical (unpaired) electrons. The topological polar surface area (TPSA) is 103 Å². The number of amides is 2. The Morgan fingerprint density at radius 1 is 1.00 bits per heavy atom. The number of nitrogens with one attached hydrogen (secondary N) is 2. The first-order valence-corrected chi connectivity index (χ1v) is 9.28. The summed E-state index contributed by atoms with van der Waals surface area (Å²) < 4.78 is 16.0. The number of carbonyl (C=O) groups is 3. The minimum Gasteiger partial charge on any atom is -0.490 e. The van der Waals surface area contributed by atoms with Crippen LogP contribution in [0.15, 0.2) is 42.5 Å². The Morgan fingerprint density at radius 2 is 1.72 bits per heavy atom. The third-order valence-corrected chi connectivity index (χ3v) is 4.15. The smallest absolute Gasteiger partial charge is 0.325 e. The molecule has 0 fully saturated rings. The summed E-state index contributed by atoms with van der Waals surface area (Å²) in [6.45, 7) is 0.260. The van der Waals surface area contributed by atoms with Crippen LogP contribution in [0.2, 0.25) is 5.02 Å². The number of hydrogen-bond donors (Lipinski definition) is 2. The highest BCUT2D eigenvalue weighted by Gasteiger charge is 2.14. The average Bonchev–Trinajstić information content (AvgIpc) is 2.96. The van der Waals surface area contributed by atoms with Crippen LogP contribution in [0.25, 0.3) is 0 Å². The van der Waals surface area contributed by atoms with E-state index in [2.05, 4.69) is 10.6 Å². The van der Waals surface area contributed by atoms with Crippen LogP contribution >= 0.6 is 11.6 Å². The van der Waals surface area contributed by atoms with Gasteiger partial charge in [0.25, 0.3) is 11.8 Å². The van der Waals surface area contributed by atoms with Gasteiger partial charge in [0.2, 0.25) is 0 Å². The van der Waals surface area contributed by atoms with Crippen molar-refractivity contribution in [2.75, 3.05) is 31.7 Å². The third kappa shape index (κ3) is 6.11. The van der Waals surface area contributed by atoms with Gasteiger partial charge in [0, 0.05) is 28.8 Å². The summed E-state index contributed by atoms with van der Waals surface area (Å²) in [6.07, 6.45) is 0.779. The van der Waals surface area contributed by atoms with Crippen LogP contribution in [-0.2, 0) is 14.3 Å². The van der Waals surface area contributed by atoms with Gasteiger partial charge in [-0.1, -0.05) is 11.6 Å². The molecule has 152 valence electrons. The van der Waals surface area contributed by atoms with E-state index in [0.717, 1.165) is 6.42 Å². The zero-order chi connectivity index (χ0) is 20.6. The van der Waals surface area contributed by atoms with Gasteiger partial charge in [-0.15, -0.1) is 0 Å². The fourth-order valence-corrected chi connectivity index (χ4v) is 2.62. The second kappa shape index (κ2) is 9.79. The van der Waals surface area contributed by atoms with Gasteiger partial charge < -0.3 is 24.8 Å². The van der Waals surface area contributed by atoms with E-state index < -0.39 is 24.4 Å². The van der Waals surface area contributed by atoms with Crippen molar-refractivity contribution in [2.45, 2.75) is 6.42 Å². The molecule has 1 aliphatic rings. The summed E-state index contributed by atoms with van der Waals surface area (Å²) in [5, 5.41) is 5.53. The molecular formula is C20H19ClN2O6. The summed E-state index contributed by atoms with van der Waals surface area (Å²) in [6, 6.07) is 11.2. The number of anilines is 1. The van der Waals surface area contributed by atoms with Gasteiger partial charge in [0.1, 0.15) is 6.54 Å². The SMILES string of the molecule is O=C(COC(=O)CNC(=O)c1ccc(Cl)cc1)Nc1ccc2c(c1)OCCCO2. The number of benzene rings is 2. The van der Waals surface area contributed by atoms with Crippen LogP contribution in [0.5, 0.6) is 11.5 Å². The van der Waals surface area contributed by atoms with E-state index in [9.17, 15) is 14.4 Å². The molecule has 0 unspecified atom stereocenters. The van der Waals surface area contributed by atoms with Crippen molar-refractivity contribution < 1.29 is 28.6 Å². The quantitative estimate of drug-likeness (QED) is 0.698. The van der Waals surface area contributed by atoms with Crippen LogP contribution in [0, 0.1) is 0 Å². The number of ether oxygens (including phenoxy) is 3. The molecule has 9 heteroatoms. The average molecular weight is 419 g/mol. The Labute approximate surface area is 172 Å². The van der Waals surface area contributed by atoms with Gasteiger partial charge >= 0.3 is 5.97 Å². The summed E-state index contributed by atoms with van der Waals surface area (Å²) in [4.78, 5) is 35.6. The summed E-state index contributed by atoms with van der Waals surface area (Å²) in [5.74, 6) is -0.543. The van der Waals surface area contributed by atoms with E-state index in [1.165, 1.54) is 12.1 Å². The van der Waals surface area contributed by atoms with Crippen LogP contribution in [0.3, 0.4) is 0 Å². The second-order valence-corrected chi connectivity index (χ2v) is 6.55. The van der Waals surface area contributed by atoms with Crippen LogP contribution in [-0.4, -0.2) is 44.1 Å². The number of hydrogen-bond acceptors (Lipinski definition) is 6. The summed E-state index contributed by atoms with van der Waals surface area (Å²) >= 11 is 5.76. The zero-order valence-corrected chi connectivity index (χ0v) is 16.2. The first kappa shape index (κ1) is 20.5. The van der Waals surface area contributed by atoms with Gasteiger partial charge in [-0.2, -0.15) is 0 Å². The van der Waals surface area contributed by atoms with Crippen molar-refractivity contribution in [1.82, 2.24) is 5.32 Å². The molecule has 1 aliphatic heterocycles. The molecule has 2 aromatic carbocycles. The van der Waals surface area contributed by atoms with Crippen LogP contribution < -0.4 is 20.1 Å². The van der Waals surface area contributed by atoms with Gasteiger partial charge in [-0.25, -0.2) is 0 Å². The molecule has 0 saturated carbocycles. The highest BCUT2D eigenvalue weighted by molar-refractivity contribution is 6.30. The highest BCUT2D eigenvalue weighted by atomic mass is 35.5. The maximum Gasteiger partial charge on any atom is 0.325 e. The maximum atomic E-state index is 12.0. The van der Waals surface area contributed by atoms with Gasteiger partial charge in [0.15, 0.2) is 18.1 Å². The Morgan fingerprint density at radius 3 is 2.48 bits per heavy atom. The van der Waals surface area contributed by atoms with Crippen molar-refractivity contribution in [2.24, 2.45) is 0 Å². The standard InChI is InChI=1S/C20H19ClN2O6/c21-14-4-2-13(3-5-14)20(26)22-11-19(25)29-12-18(24)23-15-6-7-16-17(10-15)28-9-1-8-27-16/h2-7,10H,1,8-9,11-12H2,(H,22,26)(H,23,24). The summed E-state index contributed by atoms with van der Waals surface area (Å²) in [5.41, 5.74) is 0.848. The normalized spacial score (nSPS) is 12.4. The Bertz CT molecular complexity index is 900. The molecule has 0 saturated heterocycles. The van der Waals surface area contributed by atoms with Crippen molar-refractivity contribution in [3.8, 4) is 11.5 Å². The molecule has 0 aliphatic carbocycles. The Kier molecular flexibility index (Phi) is 6.91. The van der Waals surface area contributed by atoms with Crippen LogP contribution in [0.1, 0.15) is 16.8 Å². The largest absolute Gasteiger partial charge is 0.490 e. The fraction of sp³-hybridized carbons (Fsp3) is 0.250. The number of rotatable bonds is 6. The van der Waals surface area contributed by atoms with Gasteiger partial charge in [-0.3, -0.25) is 14.4 Å². The van der Waals surface area contributed by atoms with Crippen molar-refractivity contribution in [3.63, 3.8) is 0 Å². The predicted octanol–water partition coefficient (Wildman–Crippen LogP) is 2.41. The number of halogens is 1. The van der Waals surface area contributed by atoms with Crippen LogP contribution in [0.4, 0.5) is 5.69 Å². The predicted molar refractivity (Wildman–Crippen MR) is 105 cm³/mol. The lowest BCUT2D eigenvalue weighted by atomic mass is 10.2. The van der Waals surface area contributed by atoms with E-state index in [4.69, 9.17) is 25.8 Å². The van der Waals surface area contributed by atoms with E-state index in [1.807, 2.05) is 0 Å². The maximum absolute atomic E-state index is 12.0. The van der Waals surface area contributed by atoms with E-state index in [0.29, 0.717) is 41.0 Å². The third-order valence-electron chi connectivity index (χ3n) is 3.90. The van der Waals surface area contributed by atoms with E-state index >= 15 is 0 Å². The molecule has 2 amide bonds. The van der Waals surface area contributed by atoms with E-state index in [1.54, 1.807) is 30.3 Å². The molecule has 0 bridgehead atoms. The molecule has 0 atom stereocenters. The minimum absolute atomic E-state index is 0.356. The molecule has 3 rings (SSSR count). The molecule has 2 N–H and O–H groups in total. The molecular weight excluding hydrogens is 400 g/mol. The molecule has 0 spiro atoms. The first-order valence-electron chi connectivity index (χ1n) is 8.90. The molecule has 29 heavy (non-hydrogen) atoms. The molecule has 0 aromatic heterocycles. The number of esters is 1. The van der Waals surface area contributed by atoms with Gasteiger partial charge in [-0.05, 0) is 36.4 Å². The van der Waals surface area contributed by atoms with Crippen molar-refractivity contribution >= 4 is 35.1 Å². The van der Waals surface area contributed by atoms with Crippen molar-refractivity contribution in [3.05, 3.63) is 53.1 Å². The molecule has 1 heterocycles. The number of carbonyl (C=O) groups excluding carboxylic acids is 3. The van der Waals surface area contributed by atoms with Crippen molar-refractivity contribution in [1.29, 1.82) is 0 Å². The fourth-order valence-electron chi connectivity index (χ4n) is 2.49. The second-order valence-electron chi connectivity index (χ2n) is 6.11. The van der Waals surface area contributed by atoms with Gasteiger partial charge in [0.05, 0.1) is 13.2 Å².